The number of hydrogen-bond acceptors (Lipinski definition) is 4. The molecule has 0 atom stereocenters. The fraction of sp³-hybridized carbons (Fsp3) is 0.833. The molecule has 0 spiro atoms. The van der Waals surface area contributed by atoms with Crippen LogP contribution < -0.4 is 5.73 Å². The van der Waals surface area contributed by atoms with E-state index in [-0.39, 0.29) is 0 Å². The van der Waals surface area contributed by atoms with E-state index in [1.165, 1.54) is 0 Å². The van der Waals surface area contributed by atoms with E-state index in [9.17, 15) is 0 Å². The Morgan fingerprint density at radius 3 is 2.45 bits per heavy atom. The number of tetrazole rings is 1. The summed E-state index contributed by atoms with van der Waals surface area (Å²) in [5.74, 6) is 0.600. The highest BCUT2D eigenvalue weighted by Crippen LogP contribution is 2.20. The summed E-state index contributed by atoms with van der Waals surface area (Å²) in [6.07, 6.45) is 1.64. The van der Waals surface area contributed by atoms with Gasteiger partial charge in [0.05, 0.1) is 5.54 Å². The summed E-state index contributed by atoms with van der Waals surface area (Å²) in [7, 11) is 0. The second-order valence-corrected chi connectivity index (χ2v) is 2.60. The topological polar surface area (TPSA) is 80.5 Å². The van der Waals surface area contributed by atoms with Gasteiger partial charge in [-0.3, -0.25) is 0 Å². The van der Waals surface area contributed by atoms with Gasteiger partial charge in [0.15, 0.2) is 5.82 Å². The van der Waals surface area contributed by atoms with Crippen LogP contribution in [0, 0.1) is 0 Å². The highest BCUT2D eigenvalue weighted by molar-refractivity contribution is 4.99. The van der Waals surface area contributed by atoms with Crippen molar-refractivity contribution in [2.45, 2.75) is 32.2 Å². The van der Waals surface area contributed by atoms with Crippen LogP contribution in [0.2, 0.25) is 0 Å². The van der Waals surface area contributed by atoms with Gasteiger partial charge in [-0.05, 0) is 12.8 Å². The Bertz CT molecular complexity index is 201. The molecular formula is C6H13N5. The lowest BCUT2D eigenvalue weighted by Gasteiger charge is -2.21. The minimum Gasteiger partial charge on any atom is -0.319 e. The van der Waals surface area contributed by atoms with E-state index in [1.807, 2.05) is 13.8 Å². The molecule has 0 amide bonds. The van der Waals surface area contributed by atoms with Gasteiger partial charge in [-0.1, -0.05) is 19.1 Å². The van der Waals surface area contributed by atoms with E-state index < -0.39 is 5.54 Å². The fourth-order valence-electron chi connectivity index (χ4n) is 0.939. The van der Waals surface area contributed by atoms with Crippen LogP contribution in [0.25, 0.3) is 0 Å². The zero-order valence-electron chi connectivity index (χ0n) is 6.83. The maximum absolute atomic E-state index is 5.98. The molecule has 1 aromatic heterocycles. The Hall–Kier alpha value is -0.970. The van der Waals surface area contributed by atoms with E-state index in [1.54, 1.807) is 0 Å². The van der Waals surface area contributed by atoms with E-state index in [0.29, 0.717) is 5.82 Å². The number of nitrogens with one attached hydrogen (secondary N) is 1. The fourth-order valence-corrected chi connectivity index (χ4v) is 0.939. The molecule has 0 fully saturated rings. The summed E-state index contributed by atoms with van der Waals surface area (Å²) in [5, 5.41) is 13.6. The summed E-state index contributed by atoms with van der Waals surface area (Å²) < 4.78 is 0. The predicted octanol–water partition coefficient (Wildman–Crippen LogP) is 0.174. The largest absolute Gasteiger partial charge is 0.319 e. The van der Waals surface area contributed by atoms with E-state index in [2.05, 4.69) is 20.6 Å². The van der Waals surface area contributed by atoms with Crippen LogP contribution >= 0.6 is 0 Å². The summed E-state index contributed by atoms with van der Waals surface area (Å²) in [4.78, 5) is 0. The van der Waals surface area contributed by atoms with Gasteiger partial charge in [-0.15, -0.1) is 10.2 Å². The molecule has 0 bridgehead atoms. The monoisotopic (exact) mass is 155 g/mol. The SMILES string of the molecule is CCC(N)(CC)c1nn[nH]n1. The molecule has 62 valence electrons. The molecule has 5 heteroatoms. The molecule has 1 rings (SSSR count). The van der Waals surface area contributed by atoms with E-state index in [4.69, 9.17) is 5.73 Å². The Kier molecular flexibility index (Phi) is 2.19. The van der Waals surface area contributed by atoms with Gasteiger partial charge in [0.1, 0.15) is 0 Å². The van der Waals surface area contributed by atoms with Gasteiger partial charge in [0.2, 0.25) is 0 Å². The number of nitrogens with zero attached hydrogens (tertiary/aromatic N) is 3. The molecule has 0 aromatic carbocycles. The normalized spacial score (nSPS) is 11.9. The lowest BCUT2D eigenvalue weighted by atomic mass is 9.94. The van der Waals surface area contributed by atoms with Crippen LogP contribution in [0.1, 0.15) is 32.5 Å². The molecule has 0 saturated carbocycles. The summed E-state index contributed by atoms with van der Waals surface area (Å²) >= 11 is 0. The standard InChI is InChI=1S/C6H13N5/c1-3-6(7,4-2)5-8-10-11-9-5/h3-4,7H2,1-2H3,(H,8,9,10,11). The summed E-state index contributed by atoms with van der Waals surface area (Å²) in [6.45, 7) is 4.03. The van der Waals surface area contributed by atoms with Gasteiger partial charge in [-0.25, -0.2) is 0 Å². The Morgan fingerprint density at radius 1 is 1.45 bits per heavy atom. The first-order valence-corrected chi connectivity index (χ1v) is 3.75. The molecule has 5 nitrogen and oxygen atoms in total. The molecule has 3 N–H and O–H groups in total. The van der Waals surface area contributed by atoms with Crippen LogP contribution in [0.4, 0.5) is 0 Å². The zero-order valence-corrected chi connectivity index (χ0v) is 6.83. The van der Waals surface area contributed by atoms with Crippen molar-refractivity contribution in [1.29, 1.82) is 0 Å². The molecular weight excluding hydrogens is 142 g/mol. The number of hydrogen-bond donors (Lipinski definition) is 2. The first kappa shape index (κ1) is 8.13. The number of rotatable bonds is 3. The second kappa shape index (κ2) is 2.96. The number of aromatic amines is 1. The van der Waals surface area contributed by atoms with Crippen molar-refractivity contribution < 1.29 is 0 Å². The minimum absolute atomic E-state index is 0.410. The Labute approximate surface area is 65.4 Å². The van der Waals surface area contributed by atoms with Crippen LogP contribution in [-0.4, -0.2) is 20.6 Å². The van der Waals surface area contributed by atoms with Gasteiger partial charge < -0.3 is 5.73 Å². The lowest BCUT2D eigenvalue weighted by Crippen LogP contribution is -2.36. The van der Waals surface area contributed by atoms with Gasteiger partial charge >= 0.3 is 0 Å². The van der Waals surface area contributed by atoms with Gasteiger partial charge in [-0.2, -0.15) is 5.21 Å². The Balaban J connectivity index is 2.87. The smallest absolute Gasteiger partial charge is 0.194 e. The molecule has 0 aliphatic heterocycles. The number of aromatic nitrogens is 4. The van der Waals surface area contributed by atoms with Crippen molar-refractivity contribution in [2.24, 2.45) is 5.73 Å². The van der Waals surface area contributed by atoms with Crippen molar-refractivity contribution >= 4 is 0 Å². The first-order valence-electron chi connectivity index (χ1n) is 3.75. The Morgan fingerprint density at radius 2 is 2.09 bits per heavy atom. The van der Waals surface area contributed by atoms with Crippen LogP contribution in [0.5, 0.6) is 0 Å². The van der Waals surface area contributed by atoms with E-state index in [0.717, 1.165) is 12.8 Å². The number of nitrogens with two attached hydrogens (primary N) is 1. The van der Waals surface area contributed by atoms with Crippen LogP contribution in [-0.2, 0) is 5.54 Å². The number of H-pyrrole nitrogens is 1. The third kappa shape index (κ3) is 1.37. The second-order valence-electron chi connectivity index (χ2n) is 2.60. The minimum atomic E-state index is -0.410. The van der Waals surface area contributed by atoms with Crippen molar-refractivity contribution in [3.8, 4) is 0 Å². The van der Waals surface area contributed by atoms with Crippen LogP contribution in [0.3, 0.4) is 0 Å². The molecule has 11 heavy (non-hydrogen) atoms. The summed E-state index contributed by atoms with van der Waals surface area (Å²) in [5.41, 5.74) is 5.57. The molecule has 0 radical (unpaired) electrons. The molecule has 0 aliphatic carbocycles. The quantitative estimate of drug-likeness (QED) is 0.652. The highest BCUT2D eigenvalue weighted by Gasteiger charge is 2.27. The third-order valence-corrected chi connectivity index (χ3v) is 2.05. The lowest BCUT2D eigenvalue weighted by molar-refractivity contribution is 0.387. The highest BCUT2D eigenvalue weighted by atomic mass is 15.5. The van der Waals surface area contributed by atoms with Crippen molar-refractivity contribution in [2.75, 3.05) is 0 Å². The molecule has 0 aliphatic rings. The maximum atomic E-state index is 5.98. The molecule has 1 heterocycles. The molecule has 0 saturated heterocycles. The summed E-state index contributed by atoms with van der Waals surface area (Å²) in [6, 6.07) is 0. The zero-order chi connectivity index (χ0) is 8.32. The maximum Gasteiger partial charge on any atom is 0.194 e. The molecule has 1 aromatic rings. The predicted molar refractivity (Wildman–Crippen MR) is 40.6 cm³/mol. The third-order valence-electron chi connectivity index (χ3n) is 2.05. The average Bonchev–Trinajstić information content (AvgIpc) is 2.55. The van der Waals surface area contributed by atoms with Crippen molar-refractivity contribution in [3.05, 3.63) is 5.82 Å². The van der Waals surface area contributed by atoms with Crippen molar-refractivity contribution in [3.63, 3.8) is 0 Å². The van der Waals surface area contributed by atoms with Crippen molar-refractivity contribution in [1.82, 2.24) is 20.6 Å². The van der Waals surface area contributed by atoms with Gasteiger partial charge in [0, 0.05) is 0 Å². The first-order chi connectivity index (χ1) is 5.23. The van der Waals surface area contributed by atoms with Gasteiger partial charge in [0.25, 0.3) is 0 Å². The average molecular weight is 155 g/mol. The van der Waals surface area contributed by atoms with Crippen LogP contribution in [0.15, 0.2) is 0 Å². The molecule has 0 unspecified atom stereocenters. The van der Waals surface area contributed by atoms with E-state index >= 15 is 0 Å².